The third kappa shape index (κ3) is 3.25. The van der Waals surface area contributed by atoms with Crippen molar-refractivity contribution in [1.29, 1.82) is 0 Å². The molecule has 0 fully saturated rings. The summed E-state index contributed by atoms with van der Waals surface area (Å²) in [4.78, 5) is 29.3. The molecule has 10 heteroatoms. The summed E-state index contributed by atoms with van der Waals surface area (Å²) in [5, 5.41) is 4.48. The van der Waals surface area contributed by atoms with Crippen LogP contribution in [0.5, 0.6) is 11.5 Å². The highest BCUT2D eigenvalue weighted by Crippen LogP contribution is 2.35. The first-order chi connectivity index (χ1) is 14.6. The molecule has 5 rings (SSSR count). The third-order valence-corrected chi connectivity index (χ3v) is 4.82. The van der Waals surface area contributed by atoms with Gasteiger partial charge in [-0.25, -0.2) is 0 Å². The van der Waals surface area contributed by atoms with Crippen LogP contribution in [-0.2, 0) is 6.54 Å². The fraction of sp³-hybridized carbons (Fsp3) is 0.100. The Morgan fingerprint density at radius 1 is 0.967 bits per heavy atom. The molecule has 1 aliphatic rings. The van der Waals surface area contributed by atoms with Crippen molar-refractivity contribution in [1.82, 2.24) is 19.3 Å². The van der Waals surface area contributed by atoms with Crippen molar-refractivity contribution < 1.29 is 14.0 Å². The fourth-order valence-corrected chi connectivity index (χ4v) is 3.18. The Hall–Kier alpha value is -3.85. The molecule has 2 aromatic carbocycles. The van der Waals surface area contributed by atoms with Gasteiger partial charge in [0.1, 0.15) is 6.54 Å². The van der Waals surface area contributed by atoms with Crippen molar-refractivity contribution in [2.75, 3.05) is 6.79 Å². The molecule has 0 saturated carbocycles. The van der Waals surface area contributed by atoms with Crippen LogP contribution in [0.4, 0.5) is 0 Å². The zero-order valence-electron chi connectivity index (χ0n) is 15.3. The minimum atomic E-state index is -0.713. The molecular formula is C20H13ClN4O5. The van der Waals surface area contributed by atoms with E-state index in [0.29, 0.717) is 33.6 Å². The van der Waals surface area contributed by atoms with Crippen molar-refractivity contribution in [3.8, 4) is 28.6 Å². The predicted molar refractivity (Wildman–Crippen MR) is 106 cm³/mol. The molecule has 150 valence electrons. The van der Waals surface area contributed by atoms with Gasteiger partial charge in [0.05, 0.1) is 0 Å². The van der Waals surface area contributed by atoms with Crippen LogP contribution in [-0.4, -0.2) is 26.1 Å². The molecule has 0 N–H and O–H groups in total. The highest BCUT2D eigenvalue weighted by atomic mass is 35.5. The minimum absolute atomic E-state index is 0.0346. The molecule has 1 aliphatic heterocycles. The van der Waals surface area contributed by atoms with Gasteiger partial charge in [0.25, 0.3) is 0 Å². The fourth-order valence-electron chi connectivity index (χ4n) is 3.06. The van der Waals surface area contributed by atoms with Gasteiger partial charge in [-0.3, -0.25) is 18.7 Å². The third-order valence-electron chi connectivity index (χ3n) is 4.57. The molecule has 0 unspecified atom stereocenters. The average Bonchev–Trinajstić information content (AvgIpc) is 3.41. The van der Waals surface area contributed by atoms with E-state index in [1.165, 1.54) is 21.5 Å². The number of nitrogens with zero attached hydrogens (tertiary/aromatic N) is 4. The van der Waals surface area contributed by atoms with Crippen LogP contribution in [0.15, 0.2) is 69.0 Å². The number of hydrogen-bond acceptors (Lipinski definition) is 7. The van der Waals surface area contributed by atoms with Crippen molar-refractivity contribution in [3.63, 3.8) is 0 Å². The van der Waals surface area contributed by atoms with E-state index in [0.717, 1.165) is 0 Å². The molecule has 0 aliphatic carbocycles. The molecule has 4 aromatic rings. The summed E-state index contributed by atoms with van der Waals surface area (Å²) in [6.07, 6.45) is 2.99. The maximum Gasteiger partial charge on any atom is 0.320 e. The average molecular weight is 425 g/mol. The largest absolute Gasteiger partial charge is 0.454 e. The van der Waals surface area contributed by atoms with Crippen LogP contribution in [0.3, 0.4) is 0 Å². The second-order valence-electron chi connectivity index (χ2n) is 6.46. The lowest BCUT2D eigenvalue weighted by molar-refractivity contribution is 0.174. The first kappa shape index (κ1) is 18.2. The number of ether oxygens (including phenoxy) is 2. The number of rotatable bonds is 4. The van der Waals surface area contributed by atoms with E-state index < -0.39 is 11.1 Å². The smallest absolute Gasteiger partial charge is 0.320 e. The van der Waals surface area contributed by atoms with Gasteiger partial charge in [-0.05, 0) is 42.5 Å². The highest BCUT2D eigenvalue weighted by Gasteiger charge is 2.17. The van der Waals surface area contributed by atoms with Crippen LogP contribution < -0.4 is 20.6 Å². The Kier molecular flexibility index (Phi) is 4.36. The Balaban J connectivity index is 1.41. The summed E-state index contributed by atoms with van der Waals surface area (Å²) in [6, 6.07) is 11.9. The molecule has 30 heavy (non-hydrogen) atoms. The van der Waals surface area contributed by atoms with Crippen molar-refractivity contribution >= 4 is 11.6 Å². The monoisotopic (exact) mass is 424 g/mol. The quantitative estimate of drug-likeness (QED) is 0.464. The summed E-state index contributed by atoms with van der Waals surface area (Å²) in [7, 11) is 0. The number of fused-ring (bicyclic) bond motifs is 1. The second-order valence-corrected chi connectivity index (χ2v) is 6.90. The predicted octanol–water partition coefficient (Wildman–Crippen LogP) is 2.48. The highest BCUT2D eigenvalue weighted by molar-refractivity contribution is 6.30. The zero-order valence-corrected chi connectivity index (χ0v) is 16.1. The Labute approximate surface area is 173 Å². The maximum absolute atomic E-state index is 12.5. The van der Waals surface area contributed by atoms with Gasteiger partial charge in [-0.15, -0.1) is 0 Å². The first-order valence-corrected chi connectivity index (χ1v) is 9.27. The van der Waals surface area contributed by atoms with Crippen molar-refractivity contribution in [2.24, 2.45) is 0 Å². The molecule has 0 saturated heterocycles. The van der Waals surface area contributed by atoms with Gasteiger partial charge in [0, 0.05) is 28.7 Å². The first-order valence-electron chi connectivity index (χ1n) is 8.89. The van der Waals surface area contributed by atoms with Crippen LogP contribution in [0, 0.1) is 0 Å². The molecule has 0 atom stereocenters. The topological polar surface area (TPSA) is 101 Å². The summed E-state index contributed by atoms with van der Waals surface area (Å²) in [6.45, 7) is 0.133. The summed E-state index contributed by atoms with van der Waals surface area (Å²) in [5.74, 6) is 1.77. The van der Waals surface area contributed by atoms with Gasteiger partial charge in [0.2, 0.25) is 18.5 Å². The molecule has 3 heterocycles. The Morgan fingerprint density at radius 3 is 2.60 bits per heavy atom. The van der Waals surface area contributed by atoms with Crippen LogP contribution >= 0.6 is 11.6 Å². The molecule has 0 radical (unpaired) electrons. The van der Waals surface area contributed by atoms with E-state index in [-0.39, 0.29) is 19.2 Å². The van der Waals surface area contributed by atoms with Crippen LogP contribution in [0.2, 0.25) is 5.02 Å². The zero-order chi connectivity index (χ0) is 20.7. The van der Waals surface area contributed by atoms with E-state index in [4.69, 9.17) is 25.6 Å². The van der Waals surface area contributed by atoms with Gasteiger partial charge in [-0.1, -0.05) is 16.8 Å². The van der Waals surface area contributed by atoms with E-state index in [1.807, 2.05) is 0 Å². The minimum Gasteiger partial charge on any atom is -0.454 e. The molecule has 0 spiro atoms. The van der Waals surface area contributed by atoms with Gasteiger partial charge in [0.15, 0.2) is 11.5 Å². The van der Waals surface area contributed by atoms with Gasteiger partial charge in [-0.2, -0.15) is 4.98 Å². The molecule has 0 bridgehead atoms. The van der Waals surface area contributed by atoms with E-state index >= 15 is 0 Å². The number of hydrogen-bond donors (Lipinski definition) is 0. The number of benzene rings is 2. The lowest BCUT2D eigenvalue weighted by Crippen LogP contribution is -2.40. The van der Waals surface area contributed by atoms with E-state index in [1.54, 1.807) is 42.5 Å². The van der Waals surface area contributed by atoms with Crippen LogP contribution in [0.25, 0.3) is 17.1 Å². The molecule has 0 amide bonds. The standard InChI is InChI=1S/C20H13ClN4O5/c21-13-2-4-14(5-3-13)25-8-7-24(19(26)20(25)27)10-17-22-18(23-30-17)12-1-6-15-16(9-12)29-11-28-15/h1-9H,10-11H2. The summed E-state index contributed by atoms with van der Waals surface area (Å²) >= 11 is 5.87. The number of halogens is 1. The summed E-state index contributed by atoms with van der Waals surface area (Å²) in [5.41, 5.74) is -0.193. The SMILES string of the molecule is O=c1c(=O)n(-c2ccc(Cl)cc2)ccn1Cc1nc(-c2ccc3c(c2)OCO3)no1. The molecular weight excluding hydrogens is 412 g/mol. The van der Waals surface area contributed by atoms with Gasteiger partial charge < -0.3 is 14.0 Å². The van der Waals surface area contributed by atoms with Crippen molar-refractivity contribution in [2.45, 2.75) is 6.54 Å². The lowest BCUT2D eigenvalue weighted by Gasteiger charge is -2.07. The molecule has 9 nitrogen and oxygen atoms in total. The Morgan fingerprint density at radius 2 is 1.77 bits per heavy atom. The number of aromatic nitrogens is 4. The van der Waals surface area contributed by atoms with Crippen LogP contribution in [0.1, 0.15) is 5.89 Å². The maximum atomic E-state index is 12.5. The lowest BCUT2D eigenvalue weighted by atomic mass is 10.2. The van der Waals surface area contributed by atoms with E-state index in [2.05, 4.69) is 10.1 Å². The second kappa shape index (κ2) is 7.20. The van der Waals surface area contributed by atoms with E-state index in [9.17, 15) is 9.59 Å². The summed E-state index contributed by atoms with van der Waals surface area (Å²) < 4.78 is 18.3. The Bertz CT molecular complexity index is 1360. The van der Waals surface area contributed by atoms with Crippen molar-refractivity contribution in [3.05, 3.63) is 86.5 Å². The van der Waals surface area contributed by atoms with Gasteiger partial charge >= 0.3 is 11.1 Å². The molecule has 2 aromatic heterocycles. The normalized spacial score (nSPS) is 12.3.